The van der Waals surface area contributed by atoms with E-state index in [9.17, 15) is 14.9 Å². The summed E-state index contributed by atoms with van der Waals surface area (Å²) in [5.41, 5.74) is 3.11. The minimum atomic E-state index is -0.285. The van der Waals surface area contributed by atoms with Crippen LogP contribution in [0, 0.1) is 11.3 Å². The maximum absolute atomic E-state index is 12.9. The van der Waals surface area contributed by atoms with Crippen molar-refractivity contribution < 1.29 is 4.79 Å². The molecule has 1 aliphatic heterocycles. The lowest BCUT2D eigenvalue weighted by Crippen LogP contribution is -2.26. The third-order valence-electron chi connectivity index (χ3n) is 6.07. The normalized spacial score (nSPS) is 16.4. The minimum Gasteiger partial charge on any atom is -0.326 e. The number of aromatic nitrogens is 3. The van der Waals surface area contributed by atoms with Crippen molar-refractivity contribution in [3.05, 3.63) is 51.9 Å². The van der Waals surface area contributed by atoms with Gasteiger partial charge in [-0.15, -0.1) is 0 Å². The van der Waals surface area contributed by atoms with Gasteiger partial charge >= 0.3 is 0 Å². The lowest BCUT2D eigenvalue weighted by molar-refractivity contribution is -0.116. The molecule has 2 N–H and O–H groups in total. The van der Waals surface area contributed by atoms with E-state index >= 15 is 0 Å². The highest BCUT2D eigenvalue weighted by molar-refractivity contribution is 5.92. The van der Waals surface area contributed by atoms with Gasteiger partial charge < -0.3 is 10.6 Å². The van der Waals surface area contributed by atoms with E-state index in [0.717, 1.165) is 55.5 Å². The first-order valence-electron chi connectivity index (χ1n) is 10.6. The van der Waals surface area contributed by atoms with Gasteiger partial charge in [0.1, 0.15) is 17.3 Å². The molecule has 0 radical (unpaired) electrons. The molecule has 1 amide bonds. The van der Waals surface area contributed by atoms with E-state index in [0.29, 0.717) is 23.4 Å². The summed E-state index contributed by atoms with van der Waals surface area (Å²) in [5.74, 6) is 0.430. The van der Waals surface area contributed by atoms with Crippen molar-refractivity contribution in [3.8, 4) is 6.07 Å². The Bertz CT molecular complexity index is 1280. The van der Waals surface area contributed by atoms with E-state index in [2.05, 4.69) is 20.6 Å². The molecule has 2 aromatic heterocycles. The molecule has 0 atom stereocenters. The number of nitrogens with one attached hydrogen (secondary N) is 2. The number of hydrogen-bond donors (Lipinski definition) is 2. The Morgan fingerprint density at radius 3 is 2.77 bits per heavy atom. The molecule has 1 aliphatic carbocycles. The van der Waals surface area contributed by atoms with Gasteiger partial charge in [0.15, 0.2) is 0 Å². The molecule has 1 aromatic carbocycles. The van der Waals surface area contributed by atoms with Crippen LogP contribution in [0.2, 0.25) is 0 Å². The number of carbonyl (C=O) groups excluding carboxylic acids is 1. The van der Waals surface area contributed by atoms with Crippen LogP contribution in [0.4, 0.5) is 17.3 Å². The summed E-state index contributed by atoms with van der Waals surface area (Å²) in [6.45, 7) is 0. The molecule has 8 heteroatoms. The molecule has 3 heterocycles. The van der Waals surface area contributed by atoms with E-state index in [1.54, 1.807) is 16.8 Å². The van der Waals surface area contributed by atoms with Gasteiger partial charge in [-0.3, -0.25) is 14.2 Å². The fourth-order valence-corrected chi connectivity index (χ4v) is 4.54. The van der Waals surface area contributed by atoms with Crippen LogP contribution in [0.5, 0.6) is 0 Å². The number of hydrogen-bond acceptors (Lipinski definition) is 6. The van der Waals surface area contributed by atoms with Gasteiger partial charge in [-0.05, 0) is 55.5 Å². The second-order valence-electron chi connectivity index (χ2n) is 8.15. The maximum atomic E-state index is 12.9. The van der Waals surface area contributed by atoms with Crippen LogP contribution < -0.4 is 16.2 Å². The van der Waals surface area contributed by atoms with Gasteiger partial charge in [0, 0.05) is 35.4 Å². The first-order valence-corrected chi connectivity index (χ1v) is 10.6. The van der Waals surface area contributed by atoms with Crippen LogP contribution >= 0.6 is 0 Å². The first-order chi connectivity index (χ1) is 15.1. The quantitative estimate of drug-likeness (QED) is 0.674. The predicted octanol–water partition coefficient (Wildman–Crippen LogP) is 3.80. The highest BCUT2D eigenvalue weighted by Gasteiger charge is 2.23. The fraction of sp³-hybridized carbons (Fsp3) is 0.348. The summed E-state index contributed by atoms with van der Waals surface area (Å²) in [5, 5.41) is 16.2. The number of carbonyl (C=O) groups is 1. The second-order valence-corrected chi connectivity index (χ2v) is 8.15. The van der Waals surface area contributed by atoms with Crippen molar-refractivity contribution in [2.75, 3.05) is 10.6 Å². The van der Waals surface area contributed by atoms with Crippen LogP contribution in [0.15, 0.2) is 35.3 Å². The number of rotatable bonds is 3. The molecular formula is C23H22N6O2. The molecule has 0 saturated heterocycles. The van der Waals surface area contributed by atoms with E-state index < -0.39 is 0 Å². The molecule has 0 unspecified atom stereocenters. The number of amides is 1. The number of fused-ring (bicyclic) bond motifs is 2. The van der Waals surface area contributed by atoms with Crippen LogP contribution in [0.1, 0.15) is 55.7 Å². The lowest BCUT2D eigenvalue weighted by Gasteiger charge is -2.17. The molecule has 156 valence electrons. The molecule has 8 nitrogen and oxygen atoms in total. The summed E-state index contributed by atoms with van der Waals surface area (Å²) >= 11 is 0. The standard InChI is InChI=1S/C23H22N6O2/c24-12-15-10-16-13-25-23(28-21(16)29(22(15)31)18-5-1-2-6-18)26-17-8-9-19-14(11-17)4-3-7-20(30)27-19/h8-11,13,18H,1-7H2,(H,27,30)(H,25,26,28). The average molecular weight is 414 g/mol. The van der Waals surface area contributed by atoms with Crippen molar-refractivity contribution in [3.63, 3.8) is 0 Å². The van der Waals surface area contributed by atoms with Gasteiger partial charge in [-0.1, -0.05) is 12.8 Å². The molecular weight excluding hydrogens is 392 g/mol. The Labute approximate surface area is 178 Å². The van der Waals surface area contributed by atoms with Crippen molar-refractivity contribution in [1.29, 1.82) is 5.26 Å². The summed E-state index contributed by atoms with van der Waals surface area (Å²) < 4.78 is 1.68. The van der Waals surface area contributed by atoms with Crippen LogP contribution in [-0.2, 0) is 11.2 Å². The van der Waals surface area contributed by atoms with E-state index in [1.807, 2.05) is 24.3 Å². The summed E-state index contributed by atoms with van der Waals surface area (Å²) in [7, 11) is 0. The van der Waals surface area contributed by atoms with Crippen LogP contribution in [0.3, 0.4) is 0 Å². The highest BCUT2D eigenvalue weighted by atomic mass is 16.1. The van der Waals surface area contributed by atoms with E-state index in [-0.39, 0.29) is 23.1 Å². The monoisotopic (exact) mass is 414 g/mol. The average Bonchev–Trinajstić information content (AvgIpc) is 3.22. The van der Waals surface area contributed by atoms with Gasteiger partial charge in [-0.25, -0.2) is 4.98 Å². The summed E-state index contributed by atoms with van der Waals surface area (Å²) in [4.78, 5) is 33.7. The highest BCUT2D eigenvalue weighted by Crippen LogP contribution is 2.31. The zero-order chi connectivity index (χ0) is 21.4. The molecule has 2 aliphatic rings. The van der Waals surface area contributed by atoms with Crippen molar-refractivity contribution in [1.82, 2.24) is 14.5 Å². The number of pyridine rings is 1. The zero-order valence-electron chi connectivity index (χ0n) is 17.0. The first kappa shape index (κ1) is 19.2. The Balaban J connectivity index is 1.54. The lowest BCUT2D eigenvalue weighted by atomic mass is 10.1. The Hall–Kier alpha value is -3.73. The van der Waals surface area contributed by atoms with Crippen LogP contribution in [-0.4, -0.2) is 20.4 Å². The zero-order valence-corrected chi connectivity index (χ0v) is 17.0. The third kappa shape index (κ3) is 3.63. The topological polar surface area (TPSA) is 113 Å². The molecule has 1 fully saturated rings. The smallest absolute Gasteiger partial charge is 0.270 e. The maximum Gasteiger partial charge on any atom is 0.270 e. The number of anilines is 3. The molecule has 1 saturated carbocycles. The van der Waals surface area contributed by atoms with Gasteiger partial charge in [0.25, 0.3) is 5.56 Å². The number of nitrogens with zero attached hydrogens (tertiary/aromatic N) is 4. The SMILES string of the molecule is N#Cc1cc2cnc(Nc3ccc4c(c3)CCCC(=O)N4)nc2n(C2CCCC2)c1=O. The second kappa shape index (κ2) is 7.84. The molecule has 31 heavy (non-hydrogen) atoms. The minimum absolute atomic E-state index is 0.0407. The summed E-state index contributed by atoms with van der Waals surface area (Å²) in [6.07, 6.45) is 7.76. The third-order valence-corrected chi connectivity index (χ3v) is 6.07. The van der Waals surface area contributed by atoms with Crippen molar-refractivity contribution >= 4 is 34.3 Å². The van der Waals surface area contributed by atoms with E-state index in [1.165, 1.54) is 0 Å². The number of aryl methyl sites for hydroxylation is 1. The van der Waals surface area contributed by atoms with Crippen LogP contribution in [0.25, 0.3) is 11.0 Å². The van der Waals surface area contributed by atoms with Crippen molar-refractivity contribution in [2.24, 2.45) is 0 Å². The Morgan fingerprint density at radius 2 is 1.97 bits per heavy atom. The van der Waals surface area contributed by atoms with E-state index in [4.69, 9.17) is 0 Å². The number of nitriles is 1. The Kier molecular flexibility index (Phi) is 4.86. The molecule has 0 bridgehead atoms. The van der Waals surface area contributed by atoms with Gasteiger partial charge in [-0.2, -0.15) is 10.2 Å². The number of benzene rings is 1. The fourth-order valence-electron chi connectivity index (χ4n) is 4.54. The Morgan fingerprint density at radius 1 is 1.13 bits per heavy atom. The molecule has 3 aromatic rings. The van der Waals surface area contributed by atoms with Gasteiger partial charge in [0.05, 0.1) is 0 Å². The van der Waals surface area contributed by atoms with Crippen molar-refractivity contribution in [2.45, 2.75) is 51.0 Å². The predicted molar refractivity (Wildman–Crippen MR) is 117 cm³/mol. The molecule has 5 rings (SSSR count). The largest absolute Gasteiger partial charge is 0.326 e. The van der Waals surface area contributed by atoms with Gasteiger partial charge in [0.2, 0.25) is 11.9 Å². The summed E-state index contributed by atoms with van der Waals surface area (Å²) in [6, 6.07) is 9.39. The molecule has 0 spiro atoms.